The molecule has 5 rings (SSSR count). The minimum Gasteiger partial charge on any atom is -0.366 e. The first-order chi connectivity index (χ1) is 17.8. The Morgan fingerprint density at radius 1 is 0.919 bits per heavy atom. The van der Waals surface area contributed by atoms with Crippen molar-refractivity contribution in [3.05, 3.63) is 106 Å². The number of benzene rings is 3. The molecule has 0 aliphatic carbocycles. The average Bonchev–Trinajstić information content (AvgIpc) is 3.43. The zero-order chi connectivity index (χ0) is 26.1. The maximum Gasteiger partial charge on any atom is 0.258 e. The molecule has 0 radical (unpaired) electrons. The number of primary amides is 1. The summed E-state index contributed by atoms with van der Waals surface area (Å²) in [4.78, 5) is 25.4. The van der Waals surface area contributed by atoms with Crippen molar-refractivity contribution in [1.82, 2.24) is 14.9 Å². The summed E-state index contributed by atoms with van der Waals surface area (Å²) in [5.74, 6) is -0.898. The van der Waals surface area contributed by atoms with E-state index in [1.807, 2.05) is 48.9 Å². The van der Waals surface area contributed by atoms with Crippen LogP contribution >= 0.6 is 15.9 Å². The topological polar surface area (TPSA) is 116 Å². The number of amides is 2. The molecule has 0 aliphatic rings. The van der Waals surface area contributed by atoms with E-state index in [0.717, 1.165) is 21.4 Å². The number of anilines is 1. The third-order valence-electron chi connectivity index (χ3n) is 6.02. The molecule has 184 valence electrons. The van der Waals surface area contributed by atoms with E-state index in [4.69, 9.17) is 15.4 Å². The predicted molar refractivity (Wildman–Crippen MR) is 145 cm³/mol. The number of nitrogens with two attached hydrogens (primary N) is 1. The fourth-order valence-corrected chi connectivity index (χ4v) is 4.56. The van der Waals surface area contributed by atoms with Gasteiger partial charge in [0.1, 0.15) is 5.69 Å². The molecule has 0 fully saturated rings. The van der Waals surface area contributed by atoms with E-state index in [0.29, 0.717) is 28.1 Å². The number of halogens is 1. The molecule has 2 amide bonds. The Hall–Kier alpha value is -4.50. The lowest BCUT2D eigenvalue weighted by Crippen LogP contribution is -2.14. The number of carbonyl (C=O) groups is 2. The second-order valence-electron chi connectivity index (χ2n) is 8.40. The lowest BCUT2D eigenvalue weighted by atomic mass is 9.95. The fraction of sp³-hybridized carbons (Fsp3) is 0.0714. The van der Waals surface area contributed by atoms with Crippen LogP contribution in [0.1, 0.15) is 32.1 Å². The van der Waals surface area contributed by atoms with Gasteiger partial charge in [-0.2, -0.15) is 5.10 Å². The van der Waals surface area contributed by atoms with E-state index in [-0.39, 0.29) is 17.4 Å². The third kappa shape index (κ3) is 4.56. The van der Waals surface area contributed by atoms with Crippen molar-refractivity contribution in [1.29, 1.82) is 0 Å². The summed E-state index contributed by atoms with van der Waals surface area (Å²) in [5, 5.41) is 11.9. The number of nitrogens with one attached hydrogen (secondary N) is 1. The van der Waals surface area contributed by atoms with Gasteiger partial charge in [0, 0.05) is 26.7 Å². The maximum atomic E-state index is 13.1. The maximum absolute atomic E-state index is 13.1. The van der Waals surface area contributed by atoms with Gasteiger partial charge in [-0.15, -0.1) is 0 Å². The van der Waals surface area contributed by atoms with E-state index in [9.17, 15) is 9.59 Å². The molecular formula is C28H22BrN5O3. The number of para-hydroxylation sites is 1. The second-order valence-corrected chi connectivity index (χ2v) is 9.32. The summed E-state index contributed by atoms with van der Waals surface area (Å²) >= 11 is 3.37. The van der Waals surface area contributed by atoms with E-state index >= 15 is 0 Å². The van der Waals surface area contributed by atoms with Crippen LogP contribution in [0.15, 0.2) is 87.9 Å². The Labute approximate surface area is 221 Å². The SMILES string of the molecule is Cc1nn(-c2ccccc2)c(C)c1-c1noc(NC(=O)c2ccc(Br)cc2)c1-c1ccccc1C(N)=O. The van der Waals surface area contributed by atoms with E-state index < -0.39 is 5.91 Å². The number of hydrogen-bond donors (Lipinski definition) is 2. The Balaban J connectivity index is 1.69. The summed E-state index contributed by atoms with van der Waals surface area (Å²) in [7, 11) is 0. The zero-order valence-corrected chi connectivity index (χ0v) is 21.6. The average molecular weight is 556 g/mol. The van der Waals surface area contributed by atoms with Gasteiger partial charge < -0.3 is 10.3 Å². The number of aromatic nitrogens is 3. The van der Waals surface area contributed by atoms with Gasteiger partial charge in [-0.1, -0.05) is 57.5 Å². The van der Waals surface area contributed by atoms with Gasteiger partial charge in [-0.3, -0.25) is 14.9 Å². The highest BCUT2D eigenvalue weighted by molar-refractivity contribution is 9.10. The van der Waals surface area contributed by atoms with Crippen LogP contribution in [0.4, 0.5) is 5.88 Å². The Morgan fingerprint density at radius 3 is 2.30 bits per heavy atom. The largest absolute Gasteiger partial charge is 0.366 e. The zero-order valence-electron chi connectivity index (χ0n) is 20.0. The Morgan fingerprint density at radius 2 is 1.59 bits per heavy atom. The van der Waals surface area contributed by atoms with Crippen LogP contribution in [0.3, 0.4) is 0 Å². The molecule has 8 nitrogen and oxygen atoms in total. The number of carbonyl (C=O) groups excluding carboxylic acids is 2. The first-order valence-corrected chi connectivity index (χ1v) is 12.2. The minimum atomic E-state index is -0.610. The van der Waals surface area contributed by atoms with Gasteiger partial charge in [0.25, 0.3) is 5.91 Å². The third-order valence-corrected chi connectivity index (χ3v) is 6.54. The molecule has 0 unspecified atom stereocenters. The van der Waals surface area contributed by atoms with Crippen molar-refractivity contribution >= 4 is 33.6 Å². The van der Waals surface area contributed by atoms with Crippen molar-refractivity contribution in [2.45, 2.75) is 13.8 Å². The molecule has 5 aromatic rings. The summed E-state index contributed by atoms with van der Waals surface area (Å²) in [6.45, 7) is 3.81. The predicted octanol–water partition coefficient (Wildman–Crippen LogP) is 5.92. The number of rotatable bonds is 6. The van der Waals surface area contributed by atoms with Crippen LogP contribution in [0.25, 0.3) is 28.1 Å². The normalized spacial score (nSPS) is 10.9. The highest BCUT2D eigenvalue weighted by atomic mass is 79.9. The summed E-state index contributed by atoms with van der Waals surface area (Å²) in [6, 6.07) is 23.5. The van der Waals surface area contributed by atoms with Crippen LogP contribution in [0.2, 0.25) is 0 Å². The van der Waals surface area contributed by atoms with Crippen LogP contribution in [0.5, 0.6) is 0 Å². The van der Waals surface area contributed by atoms with Crippen LogP contribution in [-0.2, 0) is 0 Å². The van der Waals surface area contributed by atoms with E-state index in [1.54, 1.807) is 48.5 Å². The van der Waals surface area contributed by atoms with Crippen molar-refractivity contribution < 1.29 is 14.1 Å². The molecule has 9 heteroatoms. The summed E-state index contributed by atoms with van der Waals surface area (Å²) < 4.78 is 8.37. The smallest absolute Gasteiger partial charge is 0.258 e. The first-order valence-electron chi connectivity index (χ1n) is 11.4. The lowest BCUT2D eigenvalue weighted by molar-refractivity contribution is 0.0998. The molecule has 37 heavy (non-hydrogen) atoms. The van der Waals surface area contributed by atoms with Crippen molar-refractivity contribution in [3.63, 3.8) is 0 Å². The van der Waals surface area contributed by atoms with Crippen molar-refractivity contribution in [2.24, 2.45) is 5.73 Å². The highest BCUT2D eigenvalue weighted by Crippen LogP contribution is 2.42. The summed E-state index contributed by atoms with van der Waals surface area (Å²) in [5.41, 5.74) is 10.9. The number of aryl methyl sites for hydroxylation is 1. The van der Waals surface area contributed by atoms with Gasteiger partial charge in [-0.05, 0) is 56.3 Å². The van der Waals surface area contributed by atoms with Crippen molar-refractivity contribution in [3.8, 4) is 28.1 Å². The van der Waals surface area contributed by atoms with Gasteiger partial charge in [0.05, 0.1) is 22.6 Å². The van der Waals surface area contributed by atoms with Gasteiger partial charge in [-0.25, -0.2) is 4.68 Å². The molecule has 0 saturated carbocycles. The Bertz CT molecular complexity index is 1620. The molecule has 3 N–H and O–H groups in total. The molecule has 0 saturated heterocycles. The number of hydrogen-bond acceptors (Lipinski definition) is 5. The second kappa shape index (κ2) is 9.87. The summed E-state index contributed by atoms with van der Waals surface area (Å²) in [6.07, 6.45) is 0. The lowest BCUT2D eigenvalue weighted by Gasteiger charge is -2.10. The Kier molecular flexibility index (Phi) is 6.45. The molecule has 2 aromatic heterocycles. The van der Waals surface area contributed by atoms with E-state index in [2.05, 4.69) is 26.4 Å². The molecule has 2 heterocycles. The van der Waals surface area contributed by atoms with E-state index in [1.165, 1.54) is 0 Å². The van der Waals surface area contributed by atoms with Crippen molar-refractivity contribution in [2.75, 3.05) is 5.32 Å². The van der Waals surface area contributed by atoms with Crippen LogP contribution in [0, 0.1) is 13.8 Å². The molecule has 0 bridgehead atoms. The highest BCUT2D eigenvalue weighted by Gasteiger charge is 2.28. The molecule has 3 aromatic carbocycles. The minimum absolute atomic E-state index is 0.0999. The molecule has 0 aliphatic heterocycles. The first kappa shape index (κ1) is 24.2. The van der Waals surface area contributed by atoms with Crippen LogP contribution in [-0.4, -0.2) is 26.8 Å². The molecule has 0 atom stereocenters. The number of nitrogens with zero attached hydrogens (tertiary/aromatic N) is 3. The monoisotopic (exact) mass is 555 g/mol. The van der Waals surface area contributed by atoms with Crippen LogP contribution < -0.4 is 11.1 Å². The fourth-order valence-electron chi connectivity index (χ4n) is 4.29. The standard InChI is InChI=1S/C28H22BrN5O3/c1-16-23(17(2)34(32-16)20-8-4-3-5-9-20)25-24(21-10-6-7-11-22(21)26(30)35)28(37-33-25)31-27(36)18-12-14-19(29)15-13-18/h3-15H,1-2H3,(H2,30,35)(H,31,36). The van der Waals surface area contributed by atoms with Gasteiger partial charge in [0.2, 0.25) is 11.8 Å². The van der Waals surface area contributed by atoms with Gasteiger partial charge >= 0.3 is 0 Å². The molecule has 0 spiro atoms. The quantitative estimate of drug-likeness (QED) is 0.269. The molecular weight excluding hydrogens is 534 g/mol. The van der Waals surface area contributed by atoms with Gasteiger partial charge in [0.15, 0.2) is 0 Å².